The van der Waals surface area contributed by atoms with Gasteiger partial charge in [-0.1, -0.05) is 0 Å². The van der Waals surface area contributed by atoms with E-state index in [0.29, 0.717) is 11.3 Å². The third-order valence-corrected chi connectivity index (χ3v) is 5.22. The molecule has 7 nitrogen and oxygen atoms in total. The summed E-state index contributed by atoms with van der Waals surface area (Å²) in [7, 11) is 2.13. The Labute approximate surface area is 171 Å². The monoisotopic (exact) mass is 390 g/mol. The molecule has 1 aliphatic rings. The van der Waals surface area contributed by atoms with Crippen molar-refractivity contribution in [2.24, 2.45) is 0 Å². The summed E-state index contributed by atoms with van der Waals surface area (Å²) in [4.78, 5) is 21.7. The Morgan fingerprint density at radius 3 is 2.31 bits per heavy atom. The van der Waals surface area contributed by atoms with Crippen LogP contribution in [0.25, 0.3) is 5.69 Å². The standard InChI is InChI=1S/C22H26N6O/c1-16-14-17(2)28(25-16)20-7-4-18(5-8-20)22(29)24-19-6-9-21(23-15-19)27-12-10-26(3)11-13-27/h4-9,14-15H,10-13H2,1-3H3,(H,24,29). The quantitative estimate of drug-likeness (QED) is 0.742. The molecule has 1 amide bonds. The zero-order chi connectivity index (χ0) is 20.4. The summed E-state index contributed by atoms with van der Waals surface area (Å²) in [6.45, 7) is 7.99. The number of nitrogens with one attached hydrogen (secondary N) is 1. The van der Waals surface area contributed by atoms with Crippen molar-refractivity contribution in [2.45, 2.75) is 13.8 Å². The van der Waals surface area contributed by atoms with Crippen LogP contribution in [0.15, 0.2) is 48.7 Å². The summed E-state index contributed by atoms with van der Waals surface area (Å²) in [6, 6.07) is 13.3. The number of aryl methyl sites for hydroxylation is 2. The topological polar surface area (TPSA) is 66.3 Å². The minimum absolute atomic E-state index is 0.154. The van der Waals surface area contributed by atoms with Crippen molar-refractivity contribution in [3.05, 3.63) is 65.6 Å². The number of benzene rings is 1. The second-order valence-corrected chi connectivity index (χ2v) is 7.54. The minimum atomic E-state index is -0.154. The Kier molecular flexibility index (Phi) is 5.31. The van der Waals surface area contributed by atoms with Gasteiger partial charge in [-0.25, -0.2) is 9.67 Å². The number of piperazine rings is 1. The van der Waals surface area contributed by atoms with Crippen LogP contribution in [0.3, 0.4) is 0 Å². The number of likely N-dealkylation sites (N-methyl/N-ethyl adjacent to an activating group) is 1. The molecule has 0 spiro atoms. The summed E-state index contributed by atoms with van der Waals surface area (Å²) >= 11 is 0. The van der Waals surface area contributed by atoms with Crippen molar-refractivity contribution in [1.82, 2.24) is 19.7 Å². The van der Waals surface area contributed by atoms with Gasteiger partial charge in [0.05, 0.1) is 23.3 Å². The van der Waals surface area contributed by atoms with Crippen LogP contribution in [0.4, 0.5) is 11.5 Å². The van der Waals surface area contributed by atoms with E-state index in [2.05, 4.69) is 32.2 Å². The van der Waals surface area contributed by atoms with Gasteiger partial charge in [-0.2, -0.15) is 5.10 Å². The van der Waals surface area contributed by atoms with Crippen LogP contribution >= 0.6 is 0 Å². The first kappa shape index (κ1) is 19.1. The number of nitrogens with zero attached hydrogens (tertiary/aromatic N) is 5. The number of hydrogen-bond acceptors (Lipinski definition) is 5. The highest BCUT2D eigenvalue weighted by Crippen LogP contribution is 2.17. The lowest BCUT2D eigenvalue weighted by Crippen LogP contribution is -2.44. The predicted molar refractivity (Wildman–Crippen MR) is 115 cm³/mol. The zero-order valence-electron chi connectivity index (χ0n) is 17.1. The third-order valence-electron chi connectivity index (χ3n) is 5.22. The number of aromatic nitrogens is 3. The first-order valence-electron chi connectivity index (χ1n) is 9.84. The molecule has 0 saturated carbocycles. The Balaban J connectivity index is 1.40. The number of carbonyl (C=O) groups is 1. The highest BCUT2D eigenvalue weighted by Gasteiger charge is 2.15. The maximum atomic E-state index is 12.6. The number of carbonyl (C=O) groups excluding carboxylic acids is 1. The fourth-order valence-electron chi connectivity index (χ4n) is 3.53. The molecule has 1 aliphatic heterocycles. The van der Waals surface area contributed by atoms with E-state index in [1.165, 1.54) is 0 Å². The van der Waals surface area contributed by atoms with Gasteiger partial charge in [0, 0.05) is 37.4 Å². The molecule has 0 unspecified atom stereocenters. The van der Waals surface area contributed by atoms with Crippen LogP contribution in [0.1, 0.15) is 21.7 Å². The Morgan fingerprint density at radius 2 is 1.72 bits per heavy atom. The second kappa shape index (κ2) is 8.05. The van der Waals surface area contributed by atoms with Gasteiger partial charge in [0.15, 0.2) is 0 Å². The molecule has 0 radical (unpaired) electrons. The first-order chi connectivity index (χ1) is 14.0. The van der Waals surface area contributed by atoms with Crippen LogP contribution in [0.2, 0.25) is 0 Å². The normalized spacial score (nSPS) is 14.8. The highest BCUT2D eigenvalue weighted by molar-refractivity contribution is 6.04. The number of rotatable bonds is 4. The summed E-state index contributed by atoms with van der Waals surface area (Å²) < 4.78 is 1.87. The molecular formula is C22H26N6O. The van der Waals surface area contributed by atoms with E-state index >= 15 is 0 Å². The molecule has 7 heteroatoms. The Bertz CT molecular complexity index is 985. The van der Waals surface area contributed by atoms with Crippen molar-refractivity contribution < 1.29 is 4.79 Å². The maximum absolute atomic E-state index is 12.6. The molecular weight excluding hydrogens is 364 g/mol. The molecule has 3 aromatic rings. The van der Waals surface area contributed by atoms with Gasteiger partial charge in [-0.15, -0.1) is 0 Å². The largest absolute Gasteiger partial charge is 0.354 e. The first-order valence-corrected chi connectivity index (χ1v) is 9.84. The molecule has 1 N–H and O–H groups in total. The number of anilines is 2. The van der Waals surface area contributed by atoms with E-state index in [1.54, 1.807) is 6.20 Å². The summed E-state index contributed by atoms with van der Waals surface area (Å²) in [6.07, 6.45) is 1.72. The lowest BCUT2D eigenvalue weighted by molar-refractivity contribution is 0.102. The number of pyridine rings is 1. The Hall–Kier alpha value is -3.19. The average Bonchev–Trinajstić information content (AvgIpc) is 3.07. The van der Waals surface area contributed by atoms with Crippen LogP contribution in [-0.2, 0) is 0 Å². The van der Waals surface area contributed by atoms with E-state index in [-0.39, 0.29) is 5.91 Å². The van der Waals surface area contributed by atoms with Crippen LogP contribution in [-0.4, -0.2) is 58.8 Å². The minimum Gasteiger partial charge on any atom is -0.354 e. The summed E-state index contributed by atoms with van der Waals surface area (Å²) in [5, 5.41) is 7.39. The van der Waals surface area contributed by atoms with Gasteiger partial charge in [-0.3, -0.25) is 4.79 Å². The molecule has 0 bridgehead atoms. The summed E-state index contributed by atoms with van der Waals surface area (Å²) in [5.41, 5.74) is 4.25. The van der Waals surface area contributed by atoms with E-state index in [1.807, 2.05) is 61.0 Å². The van der Waals surface area contributed by atoms with Gasteiger partial charge in [-0.05, 0) is 63.4 Å². The lowest BCUT2D eigenvalue weighted by Gasteiger charge is -2.33. The van der Waals surface area contributed by atoms with Gasteiger partial charge < -0.3 is 15.1 Å². The fourth-order valence-corrected chi connectivity index (χ4v) is 3.53. The fraction of sp³-hybridized carbons (Fsp3) is 0.318. The van der Waals surface area contributed by atoms with E-state index in [4.69, 9.17) is 0 Å². The summed E-state index contributed by atoms with van der Waals surface area (Å²) in [5.74, 6) is 0.796. The number of hydrogen-bond donors (Lipinski definition) is 1. The molecule has 1 aromatic carbocycles. The lowest BCUT2D eigenvalue weighted by atomic mass is 10.2. The van der Waals surface area contributed by atoms with Crippen LogP contribution in [0, 0.1) is 13.8 Å². The van der Waals surface area contributed by atoms with Gasteiger partial charge in [0.1, 0.15) is 5.82 Å². The van der Waals surface area contributed by atoms with Crippen LogP contribution in [0.5, 0.6) is 0 Å². The number of amides is 1. The Morgan fingerprint density at radius 1 is 1.00 bits per heavy atom. The smallest absolute Gasteiger partial charge is 0.255 e. The molecule has 2 aromatic heterocycles. The van der Waals surface area contributed by atoms with E-state index in [0.717, 1.165) is 49.1 Å². The van der Waals surface area contributed by atoms with Crippen molar-refractivity contribution in [1.29, 1.82) is 0 Å². The predicted octanol–water partition coefficient (Wildman–Crippen LogP) is 2.89. The highest BCUT2D eigenvalue weighted by atomic mass is 16.1. The average molecular weight is 390 g/mol. The zero-order valence-corrected chi connectivity index (χ0v) is 17.1. The van der Waals surface area contributed by atoms with E-state index in [9.17, 15) is 4.79 Å². The van der Waals surface area contributed by atoms with Crippen molar-refractivity contribution in [3.8, 4) is 5.69 Å². The van der Waals surface area contributed by atoms with Crippen molar-refractivity contribution in [3.63, 3.8) is 0 Å². The van der Waals surface area contributed by atoms with Gasteiger partial charge in [0.2, 0.25) is 0 Å². The molecule has 1 saturated heterocycles. The van der Waals surface area contributed by atoms with Crippen molar-refractivity contribution >= 4 is 17.4 Å². The molecule has 29 heavy (non-hydrogen) atoms. The maximum Gasteiger partial charge on any atom is 0.255 e. The molecule has 4 rings (SSSR count). The second-order valence-electron chi connectivity index (χ2n) is 7.54. The molecule has 1 fully saturated rings. The van der Waals surface area contributed by atoms with E-state index < -0.39 is 0 Å². The van der Waals surface area contributed by atoms with Crippen molar-refractivity contribution in [2.75, 3.05) is 43.4 Å². The third kappa shape index (κ3) is 4.30. The van der Waals surface area contributed by atoms with Gasteiger partial charge in [0.25, 0.3) is 5.91 Å². The molecule has 150 valence electrons. The van der Waals surface area contributed by atoms with Crippen LogP contribution < -0.4 is 10.2 Å². The molecule has 0 aliphatic carbocycles. The molecule has 0 atom stereocenters. The van der Waals surface area contributed by atoms with Gasteiger partial charge >= 0.3 is 0 Å². The SMILES string of the molecule is Cc1cc(C)n(-c2ccc(C(=O)Nc3ccc(N4CCN(C)CC4)nc3)cc2)n1. The molecule has 3 heterocycles.